The molecule has 2 aromatic heterocycles. The van der Waals surface area contributed by atoms with Gasteiger partial charge in [0.2, 0.25) is 0 Å². The number of methoxy groups -OCH3 is 1. The molecule has 0 radical (unpaired) electrons. The summed E-state index contributed by atoms with van der Waals surface area (Å²) in [7, 11) is 2.99. The average molecular weight is 350 g/mol. The molecule has 2 heterocycles. The highest BCUT2D eigenvalue weighted by molar-refractivity contribution is 5.94. The number of esters is 1. The van der Waals surface area contributed by atoms with Crippen LogP contribution in [0.4, 0.5) is 0 Å². The van der Waals surface area contributed by atoms with Crippen LogP contribution in [0.3, 0.4) is 0 Å². The third-order valence-electron chi connectivity index (χ3n) is 3.83. The molecule has 7 heteroatoms. The zero-order chi connectivity index (χ0) is 18.5. The SMILES string of the molecule is COC(=O)c1ccc(C(=O)N(C)Cc2cnn(-c3ccccc3)c2)nc1. The predicted octanol–water partition coefficient (Wildman–Crippen LogP) is 2.33. The lowest BCUT2D eigenvalue weighted by molar-refractivity contribution is 0.0599. The van der Waals surface area contributed by atoms with Crippen molar-refractivity contribution in [2.75, 3.05) is 14.2 Å². The molecule has 132 valence electrons. The molecule has 0 N–H and O–H groups in total. The molecule has 0 atom stereocenters. The molecular weight excluding hydrogens is 332 g/mol. The van der Waals surface area contributed by atoms with Gasteiger partial charge in [-0.05, 0) is 24.3 Å². The molecule has 0 fully saturated rings. The molecule has 0 saturated carbocycles. The summed E-state index contributed by atoms with van der Waals surface area (Å²) in [5, 5.41) is 4.32. The summed E-state index contributed by atoms with van der Waals surface area (Å²) in [6.07, 6.45) is 4.94. The Labute approximate surface area is 150 Å². The Bertz CT molecular complexity index is 904. The molecule has 1 amide bonds. The summed E-state index contributed by atoms with van der Waals surface area (Å²) in [5.41, 5.74) is 2.41. The van der Waals surface area contributed by atoms with E-state index >= 15 is 0 Å². The van der Waals surface area contributed by atoms with Crippen molar-refractivity contribution in [1.82, 2.24) is 19.7 Å². The largest absolute Gasteiger partial charge is 0.465 e. The predicted molar refractivity (Wildman–Crippen MR) is 94.9 cm³/mol. The van der Waals surface area contributed by atoms with Gasteiger partial charge in [-0.25, -0.2) is 9.48 Å². The summed E-state index contributed by atoms with van der Waals surface area (Å²) in [6, 6.07) is 12.8. The minimum absolute atomic E-state index is 0.242. The van der Waals surface area contributed by atoms with E-state index in [2.05, 4.69) is 14.8 Å². The van der Waals surface area contributed by atoms with Crippen molar-refractivity contribution in [1.29, 1.82) is 0 Å². The van der Waals surface area contributed by atoms with Crippen molar-refractivity contribution >= 4 is 11.9 Å². The first-order valence-corrected chi connectivity index (χ1v) is 7.97. The summed E-state index contributed by atoms with van der Waals surface area (Å²) in [4.78, 5) is 29.5. The smallest absolute Gasteiger partial charge is 0.339 e. The number of carbonyl (C=O) groups excluding carboxylic acids is 2. The van der Waals surface area contributed by atoms with Crippen LogP contribution in [0.2, 0.25) is 0 Å². The second-order valence-electron chi connectivity index (χ2n) is 5.71. The second-order valence-corrected chi connectivity index (χ2v) is 5.71. The number of benzene rings is 1. The van der Waals surface area contributed by atoms with E-state index in [9.17, 15) is 9.59 Å². The molecule has 0 saturated heterocycles. The van der Waals surface area contributed by atoms with Gasteiger partial charge in [-0.3, -0.25) is 9.78 Å². The number of aromatic nitrogens is 3. The number of para-hydroxylation sites is 1. The zero-order valence-corrected chi connectivity index (χ0v) is 14.5. The molecule has 0 aliphatic rings. The fraction of sp³-hybridized carbons (Fsp3) is 0.158. The highest BCUT2D eigenvalue weighted by Crippen LogP contribution is 2.11. The van der Waals surface area contributed by atoms with Gasteiger partial charge in [0, 0.05) is 31.5 Å². The van der Waals surface area contributed by atoms with Gasteiger partial charge in [-0.2, -0.15) is 5.10 Å². The van der Waals surface area contributed by atoms with E-state index < -0.39 is 5.97 Å². The Morgan fingerprint density at radius 3 is 2.54 bits per heavy atom. The first-order chi connectivity index (χ1) is 12.6. The molecule has 26 heavy (non-hydrogen) atoms. The van der Waals surface area contributed by atoms with Gasteiger partial charge in [-0.1, -0.05) is 18.2 Å². The van der Waals surface area contributed by atoms with Crippen LogP contribution in [-0.4, -0.2) is 45.7 Å². The second kappa shape index (κ2) is 7.60. The molecule has 0 aliphatic heterocycles. The van der Waals surface area contributed by atoms with Crippen molar-refractivity contribution in [3.05, 3.63) is 77.9 Å². The van der Waals surface area contributed by atoms with E-state index in [1.165, 1.54) is 25.4 Å². The van der Waals surface area contributed by atoms with Crippen LogP contribution < -0.4 is 0 Å². The van der Waals surface area contributed by atoms with Crippen LogP contribution in [0.1, 0.15) is 26.4 Å². The molecule has 3 rings (SSSR count). The molecule has 3 aromatic rings. The van der Waals surface area contributed by atoms with E-state index in [0.717, 1.165) is 11.3 Å². The number of hydrogen-bond acceptors (Lipinski definition) is 5. The van der Waals surface area contributed by atoms with Gasteiger partial charge in [0.1, 0.15) is 5.69 Å². The van der Waals surface area contributed by atoms with E-state index in [0.29, 0.717) is 12.1 Å². The third kappa shape index (κ3) is 3.77. The van der Waals surface area contributed by atoms with Crippen molar-refractivity contribution in [3.8, 4) is 5.69 Å². The van der Waals surface area contributed by atoms with E-state index in [1.54, 1.807) is 22.8 Å². The van der Waals surface area contributed by atoms with E-state index in [1.807, 2.05) is 36.5 Å². The van der Waals surface area contributed by atoms with Crippen molar-refractivity contribution in [2.45, 2.75) is 6.54 Å². The normalized spacial score (nSPS) is 10.4. The summed E-state index contributed by atoms with van der Waals surface area (Å²) >= 11 is 0. The lowest BCUT2D eigenvalue weighted by Crippen LogP contribution is -2.27. The first kappa shape index (κ1) is 17.3. The average Bonchev–Trinajstić information content (AvgIpc) is 3.16. The standard InChI is InChI=1S/C19H18N4O3/c1-22(18(24)17-9-8-15(11-20-17)19(25)26-2)12-14-10-21-23(13-14)16-6-4-3-5-7-16/h3-11,13H,12H2,1-2H3. The van der Waals surface area contributed by atoms with Crippen LogP contribution in [0.5, 0.6) is 0 Å². The van der Waals surface area contributed by atoms with Gasteiger partial charge in [-0.15, -0.1) is 0 Å². The summed E-state index contributed by atoms with van der Waals surface area (Å²) < 4.78 is 6.38. The van der Waals surface area contributed by atoms with E-state index in [-0.39, 0.29) is 11.6 Å². The Kier molecular flexibility index (Phi) is 5.07. The molecule has 0 spiro atoms. The number of amides is 1. The summed E-state index contributed by atoms with van der Waals surface area (Å²) in [5.74, 6) is -0.730. The Hall–Kier alpha value is -3.48. The van der Waals surface area contributed by atoms with Gasteiger partial charge in [0.25, 0.3) is 5.91 Å². The van der Waals surface area contributed by atoms with E-state index in [4.69, 9.17) is 0 Å². The van der Waals surface area contributed by atoms with Crippen LogP contribution in [-0.2, 0) is 11.3 Å². The molecule has 0 bridgehead atoms. The van der Waals surface area contributed by atoms with Gasteiger partial charge < -0.3 is 9.64 Å². The zero-order valence-electron chi connectivity index (χ0n) is 14.5. The van der Waals surface area contributed by atoms with Crippen molar-refractivity contribution < 1.29 is 14.3 Å². The number of carbonyl (C=O) groups is 2. The highest BCUT2D eigenvalue weighted by Gasteiger charge is 2.15. The minimum atomic E-state index is -0.488. The maximum Gasteiger partial charge on any atom is 0.339 e. The monoisotopic (exact) mass is 350 g/mol. The molecular formula is C19H18N4O3. The van der Waals surface area contributed by atoms with Gasteiger partial charge in [0.05, 0.1) is 24.6 Å². The summed E-state index contributed by atoms with van der Waals surface area (Å²) in [6.45, 7) is 0.395. The van der Waals surface area contributed by atoms with Crippen LogP contribution in [0.25, 0.3) is 5.69 Å². The van der Waals surface area contributed by atoms with Crippen LogP contribution in [0, 0.1) is 0 Å². The van der Waals surface area contributed by atoms with Gasteiger partial charge in [0.15, 0.2) is 0 Å². The fourth-order valence-electron chi connectivity index (χ4n) is 2.46. The topological polar surface area (TPSA) is 77.3 Å². The maximum atomic E-state index is 12.5. The van der Waals surface area contributed by atoms with Crippen molar-refractivity contribution in [2.24, 2.45) is 0 Å². The lowest BCUT2D eigenvalue weighted by atomic mass is 10.2. The number of rotatable bonds is 5. The van der Waals surface area contributed by atoms with Gasteiger partial charge >= 0.3 is 5.97 Å². The van der Waals surface area contributed by atoms with Crippen molar-refractivity contribution in [3.63, 3.8) is 0 Å². The molecule has 1 aromatic carbocycles. The third-order valence-corrected chi connectivity index (χ3v) is 3.83. The molecule has 0 aliphatic carbocycles. The number of ether oxygens (including phenoxy) is 1. The Morgan fingerprint density at radius 2 is 1.88 bits per heavy atom. The molecule has 7 nitrogen and oxygen atoms in total. The Morgan fingerprint density at radius 1 is 1.12 bits per heavy atom. The highest BCUT2D eigenvalue weighted by atomic mass is 16.5. The Balaban J connectivity index is 1.68. The number of nitrogens with zero attached hydrogens (tertiary/aromatic N) is 4. The number of hydrogen-bond donors (Lipinski definition) is 0. The number of pyridine rings is 1. The minimum Gasteiger partial charge on any atom is -0.465 e. The first-order valence-electron chi connectivity index (χ1n) is 7.97. The molecule has 0 unspecified atom stereocenters. The van der Waals surface area contributed by atoms with Crippen LogP contribution >= 0.6 is 0 Å². The quantitative estimate of drug-likeness (QED) is 0.660. The maximum absolute atomic E-state index is 12.5. The van der Waals surface area contributed by atoms with Crippen LogP contribution in [0.15, 0.2) is 61.1 Å². The lowest BCUT2D eigenvalue weighted by Gasteiger charge is -2.15. The fourth-order valence-corrected chi connectivity index (χ4v) is 2.46.